The van der Waals surface area contributed by atoms with Gasteiger partial charge in [0.2, 0.25) is 0 Å². The number of nitrogens with two attached hydrogens (primary N) is 2. The van der Waals surface area contributed by atoms with Crippen molar-refractivity contribution < 1.29 is 13.6 Å². The molecule has 0 unspecified atom stereocenters. The molecule has 0 aliphatic carbocycles. The molecule has 0 spiro atoms. The van der Waals surface area contributed by atoms with Crippen molar-refractivity contribution >= 4 is 21.9 Å². The summed E-state index contributed by atoms with van der Waals surface area (Å²) in [7, 11) is -3.92. The van der Waals surface area contributed by atoms with Gasteiger partial charge in [0.25, 0.3) is 10.2 Å². The van der Waals surface area contributed by atoms with Gasteiger partial charge in [0, 0.05) is 0 Å². The zero-order chi connectivity index (χ0) is 10.8. The third kappa shape index (κ3) is 2.34. The summed E-state index contributed by atoms with van der Waals surface area (Å²) in [6.07, 6.45) is 1.18. The average Bonchev–Trinajstić information content (AvgIpc) is 2.48. The van der Waals surface area contributed by atoms with Crippen LogP contribution >= 0.6 is 0 Å². The van der Waals surface area contributed by atoms with Crippen LogP contribution in [0.4, 0.5) is 5.82 Å². The minimum Gasteiger partial charge on any atom is -0.409 e. The van der Waals surface area contributed by atoms with Gasteiger partial charge < -0.3 is 10.9 Å². The van der Waals surface area contributed by atoms with Crippen LogP contribution in [-0.2, 0) is 10.2 Å². The lowest BCUT2D eigenvalue weighted by Crippen LogP contribution is -2.24. The minimum absolute atomic E-state index is 0.0669. The van der Waals surface area contributed by atoms with E-state index in [1.165, 1.54) is 6.20 Å². The number of nitrogens with one attached hydrogen (secondary N) is 2. The Balaban J connectivity index is 3.06. The van der Waals surface area contributed by atoms with E-state index >= 15 is 0 Å². The molecule has 0 aliphatic heterocycles. The zero-order valence-corrected chi connectivity index (χ0v) is 7.61. The number of hydrogen-bond acceptors (Lipinski definition) is 5. The molecule has 9 nitrogen and oxygen atoms in total. The van der Waals surface area contributed by atoms with Crippen LogP contribution in [0.3, 0.4) is 0 Å². The molecule has 7 N–H and O–H groups in total. The van der Waals surface area contributed by atoms with Gasteiger partial charge >= 0.3 is 0 Å². The molecule has 0 aliphatic rings. The summed E-state index contributed by atoms with van der Waals surface area (Å²) in [6.45, 7) is 0. The fourth-order valence-corrected chi connectivity index (χ4v) is 1.19. The molecular weight excluding hydrogens is 212 g/mol. The number of aromatic amines is 1. The highest BCUT2D eigenvalue weighted by Crippen LogP contribution is 2.10. The Kier molecular flexibility index (Phi) is 2.58. The fourth-order valence-electron chi connectivity index (χ4n) is 0.754. The second-order valence-electron chi connectivity index (χ2n) is 2.29. The van der Waals surface area contributed by atoms with Crippen molar-refractivity contribution in [1.29, 1.82) is 0 Å². The summed E-state index contributed by atoms with van der Waals surface area (Å²) in [5.74, 6) is -0.354. The van der Waals surface area contributed by atoms with Gasteiger partial charge in [0.05, 0.1) is 11.8 Å². The first-order valence-corrected chi connectivity index (χ1v) is 4.80. The first-order valence-electron chi connectivity index (χ1n) is 3.26. The molecule has 78 valence electrons. The van der Waals surface area contributed by atoms with E-state index in [9.17, 15) is 8.42 Å². The minimum atomic E-state index is -3.92. The van der Waals surface area contributed by atoms with Crippen molar-refractivity contribution in [3.63, 3.8) is 0 Å². The van der Waals surface area contributed by atoms with Crippen LogP contribution in [0.5, 0.6) is 0 Å². The Morgan fingerprint density at radius 2 is 2.36 bits per heavy atom. The fraction of sp³-hybridized carbons (Fsp3) is 0. The third-order valence-corrected chi connectivity index (χ3v) is 1.76. The number of aromatic nitrogens is 2. The van der Waals surface area contributed by atoms with E-state index in [2.05, 4.69) is 15.4 Å². The summed E-state index contributed by atoms with van der Waals surface area (Å²) >= 11 is 0. The van der Waals surface area contributed by atoms with E-state index in [1.807, 2.05) is 4.72 Å². The van der Waals surface area contributed by atoms with Gasteiger partial charge in [0.1, 0.15) is 5.82 Å². The Hall–Kier alpha value is -1.81. The van der Waals surface area contributed by atoms with Gasteiger partial charge in [-0.15, -0.1) is 0 Å². The monoisotopic (exact) mass is 220 g/mol. The number of amidine groups is 1. The molecule has 0 saturated heterocycles. The highest BCUT2D eigenvalue weighted by Gasteiger charge is 2.12. The molecule has 1 aromatic rings. The van der Waals surface area contributed by atoms with Gasteiger partial charge in [-0.1, -0.05) is 5.16 Å². The molecule has 1 rings (SSSR count). The number of nitrogens with zero attached hydrogens (tertiary/aromatic N) is 2. The van der Waals surface area contributed by atoms with E-state index in [0.29, 0.717) is 0 Å². The Morgan fingerprint density at radius 1 is 1.71 bits per heavy atom. The SMILES string of the molecule is NC(=NO)c1cn[nH]c1NS(N)(=O)=O. The molecule has 0 bridgehead atoms. The van der Waals surface area contributed by atoms with Gasteiger partial charge in [0.15, 0.2) is 5.84 Å². The molecule has 0 atom stereocenters. The lowest BCUT2D eigenvalue weighted by molar-refractivity contribution is 0.318. The molecular formula is C4H8N6O3S. The summed E-state index contributed by atoms with van der Waals surface area (Å²) < 4.78 is 23.2. The van der Waals surface area contributed by atoms with Gasteiger partial charge in [-0.3, -0.25) is 9.82 Å². The smallest absolute Gasteiger partial charge is 0.297 e. The zero-order valence-electron chi connectivity index (χ0n) is 6.80. The van der Waals surface area contributed by atoms with Gasteiger partial charge in [-0.05, 0) is 0 Å². The second kappa shape index (κ2) is 3.51. The lowest BCUT2D eigenvalue weighted by atomic mass is 10.3. The van der Waals surface area contributed by atoms with Gasteiger partial charge in [-0.25, -0.2) is 5.14 Å². The molecule has 0 amide bonds. The van der Waals surface area contributed by atoms with Crippen LogP contribution in [0.1, 0.15) is 5.56 Å². The van der Waals surface area contributed by atoms with E-state index in [4.69, 9.17) is 16.1 Å². The van der Waals surface area contributed by atoms with Crippen molar-refractivity contribution in [3.8, 4) is 0 Å². The molecule has 10 heteroatoms. The largest absolute Gasteiger partial charge is 0.409 e. The van der Waals surface area contributed by atoms with E-state index < -0.39 is 10.2 Å². The standard InChI is InChI=1S/C4H8N6O3S/c5-3(9-11)2-1-7-8-4(2)10-14(6,12)13/h1,11H,(H2,5,9)(H2,6,12,13)(H2,7,8,10). The molecule has 0 radical (unpaired) electrons. The predicted molar refractivity (Wildman–Crippen MR) is 47.8 cm³/mol. The summed E-state index contributed by atoms with van der Waals surface area (Å²) in [6, 6.07) is 0. The molecule has 0 saturated carbocycles. The van der Waals surface area contributed by atoms with Crippen LogP contribution in [0.15, 0.2) is 11.4 Å². The first-order chi connectivity index (χ1) is 6.44. The highest BCUT2D eigenvalue weighted by molar-refractivity contribution is 7.90. The second-order valence-corrected chi connectivity index (χ2v) is 3.59. The van der Waals surface area contributed by atoms with Crippen molar-refractivity contribution in [2.75, 3.05) is 4.72 Å². The third-order valence-electron chi connectivity index (χ3n) is 1.27. The van der Waals surface area contributed by atoms with Crippen molar-refractivity contribution in [2.45, 2.75) is 0 Å². The molecule has 1 aromatic heterocycles. The predicted octanol–water partition coefficient (Wildman–Crippen LogP) is -1.88. The highest BCUT2D eigenvalue weighted by atomic mass is 32.2. The normalized spacial score (nSPS) is 12.8. The summed E-state index contributed by atoms with van der Waals surface area (Å²) in [5.41, 5.74) is 5.32. The van der Waals surface area contributed by atoms with Crippen LogP contribution in [-0.4, -0.2) is 29.7 Å². The Labute approximate surface area is 79.0 Å². The number of oxime groups is 1. The van der Waals surface area contributed by atoms with Crippen LogP contribution in [0, 0.1) is 0 Å². The van der Waals surface area contributed by atoms with Crippen molar-refractivity contribution in [3.05, 3.63) is 11.8 Å². The molecule has 0 aromatic carbocycles. The molecule has 1 heterocycles. The Bertz CT molecular complexity index is 447. The maximum Gasteiger partial charge on any atom is 0.297 e. The maximum absolute atomic E-state index is 10.6. The summed E-state index contributed by atoms with van der Waals surface area (Å²) in [5, 5.41) is 21.5. The van der Waals surface area contributed by atoms with Gasteiger partial charge in [-0.2, -0.15) is 13.5 Å². The average molecular weight is 220 g/mol. The summed E-state index contributed by atoms with van der Waals surface area (Å²) in [4.78, 5) is 0. The lowest BCUT2D eigenvalue weighted by Gasteiger charge is -2.01. The molecule has 0 fully saturated rings. The van der Waals surface area contributed by atoms with Crippen molar-refractivity contribution in [2.24, 2.45) is 16.0 Å². The first kappa shape index (κ1) is 10.3. The topological polar surface area (TPSA) is 159 Å². The quantitative estimate of drug-likeness (QED) is 0.174. The van der Waals surface area contributed by atoms with Crippen molar-refractivity contribution in [1.82, 2.24) is 10.2 Å². The number of anilines is 1. The van der Waals surface area contributed by atoms with E-state index in [-0.39, 0.29) is 17.2 Å². The Morgan fingerprint density at radius 3 is 2.86 bits per heavy atom. The van der Waals surface area contributed by atoms with Crippen LogP contribution < -0.4 is 15.6 Å². The van der Waals surface area contributed by atoms with E-state index in [0.717, 1.165) is 0 Å². The number of H-pyrrole nitrogens is 1. The molecule has 14 heavy (non-hydrogen) atoms. The number of rotatable bonds is 3. The van der Waals surface area contributed by atoms with Crippen LogP contribution in [0.2, 0.25) is 0 Å². The number of hydrogen-bond donors (Lipinski definition) is 5. The van der Waals surface area contributed by atoms with Crippen LogP contribution in [0.25, 0.3) is 0 Å². The maximum atomic E-state index is 10.6. The van der Waals surface area contributed by atoms with E-state index in [1.54, 1.807) is 0 Å².